The number of alkyl carbamates (subject to hydrolysis) is 1. The van der Waals surface area contributed by atoms with E-state index < -0.39 is 35.5 Å². The average molecular weight is 447 g/mol. The molecule has 1 aliphatic rings. The van der Waals surface area contributed by atoms with Crippen molar-refractivity contribution in [3.63, 3.8) is 0 Å². The number of benzene rings is 1. The molecule has 1 unspecified atom stereocenters. The minimum atomic E-state index is -0.938. The van der Waals surface area contributed by atoms with Gasteiger partial charge in [0.25, 0.3) is 11.8 Å². The molecule has 0 radical (unpaired) electrons. The predicted octanol–water partition coefficient (Wildman–Crippen LogP) is 1.34. The maximum absolute atomic E-state index is 12.3. The minimum absolute atomic E-state index is 0.0712. The van der Waals surface area contributed by atoms with Gasteiger partial charge in [0.2, 0.25) is 0 Å². The van der Waals surface area contributed by atoms with E-state index in [1.165, 1.54) is 6.08 Å². The Bertz CT molecular complexity index is 888. The van der Waals surface area contributed by atoms with Crippen molar-refractivity contribution < 1.29 is 33.8 Å². The van der Waals surface area contributed by atoms with Gasteiger partial charge in [-0.25, -0.2) is 9.59 Å². The molecule has 32 heavy (non-hydrogen) atoms. The van der Waals surface area contributed by atoms with Gasteiger partial charge in [0.05, 0.1) is 19.8 Å². The van der Waals surface area contributed by atoms with Gasteiger partial charge in [-0.3, -0.25) is 14.5 Å². The van der Waals surface area contributed by atoms with E-state index in [9.17, 15) is 19.2 Å². The third-order valence-electron chi connectivity index (χ3n) is 4.27. The summed E-state index contributed by atoms with van der Waals surface area (Å²) in [6.45, 7) is 6.62. The first-order valence-corrected chi connectivity index (χ1v) is 10.2. The highest BCUT2D eigenvalue weighted by Gasteiger charge is 2.30. The summed E-state index contributed by atoms with van der Waals surface area (Å²) < 4.78 is 10.3. The summed E-state index contributed by atoms with van der Waals surface area (Å²) in [5, 5.41) is 14.4. The van der Waals surface area contributed by atoms with Gasteiger partial charge in [0.1, 0.15) is 17.3 Å². The predicted molar refractivity (Wildman–Crippen MR) is 115 cm³/mol. The molecule has 0 saturated carbocycles. The van der Waals surface area contributed by atoms with Gasteiger partial charge >= 0.3 is 12.1 Å². The summed E-state index contributed by atoms with van der Waals surface area (Å²) >= 11 is 0. The Morgan fingerprint density at radius 2 is 1.81 bits per heavy atom. The van der Waals surface area contributed by atoms with Crippen LogP contribution in [0.25, 0.3) is 0 Å². The smallest absolute Gasteiger partial charge is 0.408 e. The molecule has 174 valence electrons. The highest BCUT2D eigenvalue weighted by Crippen LogP contribution is 2.18. The molecule has 1 aromatic carbocycles. The number of ether oxygens (including phenoxy) is 2. The third kappa shape index (κ3) is 7.09. The van der Waals surface area contributed by atoms with Crippen LogP contribution in [0.5, 0.6) is 0 Å². The molecule has 0 aromatic heterocycles. The van der Waals surface area contributed by atoms with Gasteiger partial charge in [0, 0.05) is 18.2 Å². The molecule has 10 heteroatoms. The zero-order valence-electron chi connectivity index (χ0n) is 18.6. The molecule has 3 N–H and O–H groups in total. The molecule has 0 fully saturated rings. The van der Waals surface area contributed by atoms with Crippen LogP contribution in [-0.2, 0) is 30.3 Å². The number of carbonyl (C=O) groups is 4. The van der Waals surface area contributed by atoms with Crippen molar-refractivity contribution in [2.45, 2.75) is 45.8 Å². The number of anilines is 1. The van der Waals surface area contributed by atoms with Gasteiger partial charge in [-0.15, -0.1) is 0 Å². The van der Waals surface area contributed by atoms with E-state index in [0.717, 1.165) is 10.5 Å². The summed E-state index contributed by atoms with van der Waals surface area (Å²) in [5.74, 6) is -1.59. The molecule has 1 aliphatic heterocycles. The largest absolute Gasteiger partial charge is 0.464 e. The van der Waals surface area contributed by atoms with Crippen molar-refractivity contribution in [1.29, 1.82) is 0 Å². The Balaban J connectivity index is 2.05. The van der Waals surface area contributed by atoms with Gasteiger partial charge in [-0.2, -0.15) is 0 Å². The van der Waals surface area contributed by atoms with Gasteiger partial charge in [-0.1, -0.05) is 12.1 Å². The normalized spacial score (nSPS) is 14.7. The van der Waals surface area contributed by atoms with E-state index in [-0.39, 0.29) is 31.9 Å². The van der Waals surface area contributed by atoms with Crippen molar-refractivity contribution in [3.05, 3.63) is 41.6 Å². The minimum Gasteiger partial charge on any atom is -0.464 e. The van der Waals surface area contributed by atoms with Crippen molar-refractivity contribution in [2.75, 3.05) is 25.1 Å². The Kier molecular flexibility index (Phi) is 8.36. The Labute approximate surface area is 186 Å². The maximum atomic E-state index is 12.3. The van der Waals surface area contributed by atoms with Crippen LogP contribution in [0.3, 0.4) is 0 Å². The Morgan fingerprint density at radius 3 is 2.38 bits per heavy atom. The summed E-state index contributed by atoms with van der Waals surface area (Å²) in [4.78, 5) is 49.4. The van der Waals surface area contributed by atoms with E-state index in [1.807, 2.05) is 0 Å². The molecular weight excluding hydrogens is 418 g/mol. The highest BCUT2D eigenvalue weighted by atomic mass is 16.6. The van der Waals surface area contributed by atoms with Crippen LogP contribution in [0.4, 0.5) is 10.5 Å². The Hall–Kier alpha value is -3.40. The first kappa shape index (κ1) is 24.9. The molecule has 2 rings (SSSR count). The van der Waals surface area contributed by atoms with E-state index >= 15 is 0 Å². The van der Waals surface area contributed by atoms with Crippen LogP contribution in [-0.4, -0.2) is 65.3 Å². The number of hydrogen-bond donors (Lipinski definition) is 3. The number of nitrogens with zero attached hydrogens (tertiary/aromatic N) is 1. The fourth-order valence-electron chi connectivity index (χ4n) is 2.91. The van der Waals surface area contributed by atoms with Crippen molar-refractivity contribution in [2.24, 2.45) is 0 Å². The van der Waals surface area contributed by atoms with E-state index in [4.69, 9.17) is 14.6 Å². The number of aliphatic hydroxyl groups is 1. The monoisotopic (exact) mass is 447 g/mol. The van der Waals surface area contributed by atoms with Gasteiger partial charge in [0.15, 0.2) is 0 Å². The second kappa shape index (κ2) is 10.8. The molecule has 1 atom stereocenters. The molecule has 1 aromatic rings. The first-order valence-electron chi connectivity index (χ1n) is 10.2. The fourth-order valence-corrected chi connectivity index (χ4v) is 2.91. The second-order valence-corrected chi connectivity index (χ2v) is 8.05. The maximum Gasteiger partial charge on any atom is 0.408 e. The summed E-state index contributed by atoms with van der Waals surface area (Å²) in [6.07, 6.45) is 0.619. The number of amides is 3. The van der Waals surface area contributed by atoms with Crippen molar-refractivity contribution in [1.82, 2.24) is 10.2 Å². The molecule has 10 nitrogen and oxygen atoms in total. The number of aliphatic hydroxyl groups excluding tert-OH is 1. The number of carbonyl (C=O) groups excluding carboxylic acids is 4. The molecule has 0 bridgehead atoms. The van der Waals surface area contributed by atoms with E-state index in [1.54, 1.807) is 52.0 Å². The molecule has 0 aliphatic carbocycles. The third-order valence-corrected chi connectivity index (χ3v) is 4.27. The number of esters is 1. The first-order chi connectivity index (χ1) is 15.0. The zero-order chi connectivity index (χ0) is 23.9. The van der Waals surface area contributed by atoms with Gasteiger partial charge < -0.3 is 25.2 Å². The Morgan fingerprint density at radius 1 is 1.16 bits per heavy atom. The number of rotatable bonds is 9. The van der Waals surface area contributed by atoms with Crippen molar-refractivity contribution >= 4 is 29.6 Å². The van der Waals surface area contributed by atoms with Crippen LogP contribution < -0.4 is 10.6 Å². The van der Waals surface area contributed by atoms with Crippen LogP contribution in [0.2, 0.25) is 0 Å². The SMILES string of the molecule is CCOC(=O)C(Cc1ccc(NC2=CC(=O)N(CCO)C2=O)cc1)NC(=O)OC(C)(C)C. The lowest BCUT2D eigenvalue weighted by Crippen LogP contribution is -2.45. The summed E-state index contributed by atoms with van der Waals surface area (Å²) in [6, 6.07) is 5.86. The zero-order valence-corrected chi connectivity index (χ0v) is 18.6. The number of hydrogen-bond acceptors (Lipinski definition) is 8. The molecule has 3 amide bonds. The summed E-state index contributed by atoms with van der Waals surface area (Å²) in [7, 11) is 0. The van der Waals surface area contributed by atoms with Crippen LogP contribution >= 0.6 is 0 Å². The van der Waals surface area contributed by atoms with Gasteiger partial charge in [-0.05, 0) is 45.4 Å². The average Bonchev–Trinajstić information content (AvgIpc) is 2.95. The number of imide groups is 1. The van der Waals surface area contributed by atoms with E-state index in [0.29, 0.717) is 5.69 Å². The second-order valence-electron chi connectivity index (χ2n) is 8.05. The number of nitrogens with one attached hydrogen (secondary N) is 2. The lowest BCUT2D eigenvalue weighted by molar-refractivity contribution is -0.145. The fraction of sp³-hybridized carbons (Fsp3) is 0.455. The summed E-state index contributed by atoms with van der Waals surface area (Å²) in [5.41, 5.74) is 0.679. The molecule has 0 saturated heterocycles. The topological polar surface area (TPSA) is 134 Å². The van der Waals surface area contributed by atoms with Crippen LogP contribution in [0.1, 0.15) is 33.3 Å². The molecular formula is C22H29N3O7. The van der Waals surface area contributed by atoms with Crippen LogP contribution in [0.15, 0.2) is 36.0 Å². The lowest BCUT2D eigenvalue weighted by Gasteiger charge is -2.23. The molecule has 0 spiro atoms. The van der Waals surface area contributed by atoms with Crippen molar-refractivity contribution in [3.8, 4) is 0 Å². The van der Waals surface area contributed by atoms with Crippen LogP contribution in [0, 0.1) is 0 Å². The standard InChI is InChI=1S/C22H29N3O7/c1-5-31-20(29)17(24-21(30)32-22(2,3)4)12-14-6-8-15(9-7-14)23-16-13-18(27)25(10-11-26)19(16)28/h6-9,13,17,23,26H,5,10-12H2,1-4H3,(H,24,30). The lowest BCUT2D eigenvalue weighted by atomic mass is 10.1. The number of β-amino-alcohol motifs (C(OH)–C–C–N with tert-alkyl or cyclic N) is 1. The highest BCUT2D eigenvalue weighted by molar-refractivity contribution is 6.17. The quantitative estimate of drug-likeness (QED) is 0.381. The van der Waals surface area contributed by atoms with E-state index in [2.05, 4.69) is 10.6 Å². The molecule has 1 heterocycles.